The summed E-state index contributed by atoms with van der Waals surface area (Å²) in [5.74, 6) is -1.04. The fraction of sp³-hybridized carbons (Fsp3) is 0.0714. The van der Waals surface area contributed by atoms with E-state index in [1.54, 1.807) is 19.1 Å². The van der Waals surface area contributed by atoms with E-state index in [0.717, 1.165) is 11.6 Å². The van der Waals surface area contributed by atoms with Crippen LogP contribution in [0.25, 0.3) is 0 Å². The Balaban J connectivity index is 2.35. The van der Waals surface area contributed by atoms with Crippen molar-refractivity contribution in [2.45, 2.75) is 6.92 Å². The van der Waals surface area contributed by atoms with Crippen molar-refractivity contribution in [3.05, 3.63) is 51.5 Å². The first-order valence-electron chi connectivity index (χ1n) is 5.68. The standard InChI is InChI=1S/C14H11Cl2NO3/c1-7-2-5-10(15)13(12(7)16)17-14(20)9-4-3-8(18)6-11(9)19/h2-6,18-19H,1H3,(H,17,20). The number of aryl methyl sites for hydroxylation is 1. The molecule has 104 valence electrons. The Kier molecular flexibility index (Phi) is 4.06. The molecule has 2 rings (SSSR count). The number of carbonyl (C=O) groups excluding carboxylic acids is 1. The highest BCUT2D eigenvalue weighted by atomic mass is 35.5. The van der Waals surface area contributed by atoms with Crippen molar-refractivity contribution in [2.75, 3.05) is 5.32 Å². The number of hydrogen-bond acceptors (Lipinski definition) is 3. The molecule has 0 spiro atoms. The van der Waals surface area contributed by atoms with E-state index in [9.17, 15) is 15.0 Å². The van der Waals surface area contributed by atoms with E-state index in [0.29, 0.717) is 10.0 Å². The van der Waals surface area contributed by atoms with Gasteiger partial charge in [0.05, 0.1) is 21.3 Å². The predicted molar refractivity (Wildman–Crippen MR) is 78.9 cm³/mol. The van der Waals surface area contributed by atoms with E-state index in [-0.39, 0.29) is 22.7 Å². The number of halogens is 2. The number of benzene rings is 2. The molecule has 0 atom stereocenters. The summed E-state index contributed by atoms with van der Waals surface area (Å²) in [5, 5.41) is 22.0. The maximum Gasteiger partial charge on any atom is 0.259 e. The van der Waals surface area contributed by atoms with Crippen LogP contribution in [0, 0.1) is 6.92 Å². The molecule has 0 radical (unpaired) electrons. The van der Waals surface area contributed by atoms with Crippen molar-refractivity contribution in [1.82, 2.24) is 0 Å². The van der Waals surface area contributed by atoms with Gasteiger partial charge in [-0.15, -0.1) is 0 Å². The fourth-order valence-electron chi connectivity index (χ4n) is 1.66. The van der Waals surface area contributed by atoms with Gasteiger partial charge >= 0.3 is 0 Å². The molecule has 6 heteroatoms. The summed E-state index contributed by atoms with van der Waals surface area (Å²) in [6, 6.07) is 7.04. The molecular formula is C14H11Cl2NO3. The monoisotopic (exact) mass is 311 g/mol. The molecule has 0 fully saturated rings. The molecule has 4 nitrogen and oxygen atoms in total. The number of hydrogen-bond donors (Lipinski definition) is 3. The van der Waals surface area contributed by atoms with Crippen LogP contribution in [0.5, 0.6) is 11.5 Å². The molecule has 2 aromatic rings. The quantitative estimate of drug-likeness (QED) is 0.786. The van der Waals surface area contributed by atoms with Crippen molar-refractivity contribution in [3.8, 4) is 11.5 Å². The van der Waals surface area contributed by atoms with Crippen molar-refractivity contribution in [3.63, 3.8) is 0 Å². The number of carbonyl (C=O) groups is 1. The molecule has 1 amide bonds. The highest BCUT2D eigenvalue weighted by Crippen LogP contribution is 2.34. The fourth-order valence-corrected chi connectivity index (χ4v) is 2.13. The maximum absolute atomic E-state index is 12.1. The minimum absolute atomic E-state index is 0.0106. The Labute approximate surface area is 125 Å². The van der Waals surface area contributed by atoms with Crippen LogP contribution in [0.3, 0.4) is 0 Å². The highest BCUT2D eigenvalue weighted by Gasteiger charge is 2.16. The average Bonchev–Trinajstić information content (AvgIpc) is 2.39. The third kappa shape index (κ3) is 2.81. The maximum atomic E-state index is 12.1. The second-order valence-corrected chi connectivity index (χ2v) is 4.99. The second kappa shape index (κ2) is 5.61. The van der Waals surface area contributed by atoms with Gasteiger partial charge in [0.15, 0.2) is 0 Å². The van der Waals surface area contributed by atoms with Crippen molar-refractivity contribution in [2.24, 2.45) is 0 Å². The molecule has 20 heavy (non-hydrogen) atoms. The van der Waals surface area contributed by atoms with Crippen LogP contribution in [0.4, 0.5) is 5.69 Å². The number of amides is 1. The summed E-state index contributed by atoms with van der Waals surface area (Å²) in [6.45, 7) is 1.78. The smallest absolute Gasteiger partial charge is 0.259 e. The normalized spacial score (nSPS) is 10.3. The van der Waals surface area contributed by atoms with E-state index in [4.69, 9.17) is 23.2 Å². The van der Waals surface area contributed by atoms with Gasteiger partial charge in [-0.2, -0.15) is 0 Å². The van der Waals surface area contributed by atoms with E-state index in [1.807, 2.05) is 0 Å². The van der Waals surface area contributed by atoms with E-state index in [2.05, 4.69) is 5.32 Å². The Bertz CT molecular complexity index is 686. The summed E-state index contributed by atoms with van der Waals surface area (Å²) >= 11 is 12.1. The Morgan fingerprint density at radius 2 is 1.85 bits per heavy atom. The lowest BCUT2D eigenvalue weighted by Gasteiger charge is -2.12. The molecule has 2 aromatic carbocycles. The molecule has 0 aliphatic carbocycles. The van der Waals surface area contributed by atoms with E-state index in [1.165, 1.54) is 12.1 Å². The third-order valence-electron chi connectivity index (χ3n) is 2.75. The largest absolute Gasteiger partial charge is 0.508 e. The summed E-state index contributed by atoms with van der Waals surface area (Å²) in [4.78, 5) is 12.1. The van der Waals surface area contributed by atoms with E-state index < -0.39 is 5.91 Å². The lowest BCUT2D eigenvalue weighted by atomic mass is 10.1. The van der Waals surface area contributed by atoms with Gasteiger partial charge in [0.2, 0.25) is 0 Å². The minimum Gasteiger partial charge on any atom is -0.508 e. The van der Waals surface area contributed by atoms with E-state index >= 15 is 0 Å². The molecular weight excluding hydrogens is 301 g/mol. The van der Waals surface area contributed by atoms with Crippen LogP contribution in [-0.2, 0) is 0 Å². The zero-order chi connectivity index (χ0) is 14.9. The van der Waals surface area contributed by atoms with Crippen LogP contribution in [0.15, 0.2) is 30.3 Å². The summed E-state index contributed by atoms with van der Waals surface area (Å²) < 4.78 is 0. The topological polar surface area (TPSA) is 69.6 Å². The lowest BCUT2D eigenvalue weighted by molar-refractivity contribution is 0.102. The molecule has 0 saturated carbocycles. The molecule has 0 unspecified atom stereocenters. The van der Waals surface area contributed by atoms with Gasteiger partial charge in [-0.3, -0.25) is 4.79 Å². The molecule has 0 aliphatic rings. The van der Waals surface area contributed by atoms with Crippen molar-refractivity contribution in [1.29, 1.82) is 0 Å². The van der Waals surface area contributed by atoms with Gasteiger partial charge in [0, 0.05) is 6.07 Å². The SMILES string of the molecule is Cc1ccc(Cl)c(NC(=O)c2ccc(O)cc2O)c1Cl. The minimum atomic E-state index is -0.572. The van der Waals surface area contributed by atoms with Gasteiger partial charge in [0.25, 0.3) is 5.91 Å². The van der Waals surface area contributed by atoms with Crippen LogP contribution in [-0.4, -0.2) is 16.1 Å². The van der Waals surface area contributed by atoms with Crippen LogP contribution in [0.2, 0.25) is 10.0 Å². The zero-order valence-electron chi connectivity index (χ0n) is 10.4. The molecule has 0 aromatic heterocycles. The first kappa shape index (κ1) is 14.5. The number of rotatable bonds is 2. The molecule has 0 saturated heterocycles. The number of phenolic OH excluding ortho intramolecular Hbond substituents is 2. The third-order valence-corrected chi connectivity index (χ3v) is 3.55. The van der Waals surface area contributed by atoms with Gasteiger partial charge < -0.3 is 15.5 Å². The van der Waals surface area contributed by atoms with Crippen LogP contribution < -0.4 is 5.32 Å². The van der Waals surface area contributed by atoms with Crippen LogP contribution in [0.1, 0.15) is 15.9 Å². The lowest BCUT2D eigenvalue weighted by Crippen LogP contribution is -2.13. The molecule has 0 heterocycles. The number of anilines is 1. The second-order valence-electron chi connectivity index (χ2n) is 4.21. The first-order chi connectivity index (χ1) is 9.40. The van der Waals surface area contributed by atoms with Crippen LogP contribution >= 0.6 is 23.2 Å². The van der Waals surface area contributed by atoms with Gasteiger partial charge in [-0.05, 0) is 30.7 Å². The highest BCUT2D eigenvalue weighted by molar-refractivity contribution is 6.40. The van der Waals surface area contributed by atoms with Crippen molar-refractivity contribution < 1.29 is 15.0 Å². The van der Waals surface area contributed by atoms with Gasteiger partial charge in [-0.25, -0.2) is 0 Å². The molecule has 3 N–H and O–H groups in total. The zero-order valence-corrected chi connectivity index (χ0v) is 12.0. The van der Waals surface area contributed by atoms with Gasteiger partial charge in [-0.1, -0.05) is 29.3 Å². The number of nitrogens with one attached hydrogen (secondary N) is 1. The Morgan fingerprint density at radius 1 is 1.15 bits per heavy atom. The Morgan fingerprint density at radius 3 is 2.50 bits per heavy atom. The summed E-state index contributed by atoms with van der Waals surface area (Å²) in [5.41, 5.74) is 1.06. The molecule has 0 bridgehead atoms. The Hall–Kier alpha value is -1.91. The first-order valence-corrected chi connectivity index (χ1v) is 6.43. The summed E-state index contributed by atoms with van der Waals surface area (Å²) in [6.07, 6.45) is 0. The number of phenols is 2. The summed E-state index contributed by atoms with van der Waals surface area (Å²) in [7, 11) is 0. The van der Waals surface area contributed by atoms with Gasteiger partial charge in [0.1, 0.15) is 11.5 Å². The number of aromatic hydroxyl groups is 2. The predicted octanol–water partition coefficient (Wildman–Crippen LogP) is 3.97. The molecule has 0 aliphatic heterocycles. The van der Waals surface area contributed by atoms with Crippen molar-refractivity contribution >= 4 is 34.8 Å². The average molecular weight is 312 g/mol.